The average molecular weight is 439 g/mol. The van der Waals surface area contributed by atoms with Gasteiger partial charge in [-0.25, -0.2) is 4.79 Å². The first-order valence-electron chi connectivity index (χ1n) is 10.2. The van der Waals surface area contributed by atoms with Gasteiger partial charge in [-0.15, -0.1) is 0 Å². The fourth-order valence-electron chi connectivity index (χ4n) is 3.47. The molecule has 3 unspecified atom stereocenters. The molecule has 31 heavy (non-hydrogen) atoms. The summed E-state index contributed by atoms with van der Waals surface area (Å²) in [5, 5.41) is 11.2. The largest absolute Gasteiger partial charge is 0.459 e. The molecule has 0 N–H and O–H groups in total. The monoisotopic (exact) mass is 439 g/mol. The van der Waals surface area contributed by atoms with Gasteiger partial charge in [-0.1, -0.05) is 12.1 Å². The molecule has 1 aliphatic carbocycles. The van der Waals surface area contributed by atoms with E-state index in [-0.39, 0.29) is 30.6 Å². The van der Waals surface area contributed by atoms with Crippen LogP contribution >= 0.6 is 0 Å². The molecule has 0 spiro atoms. The minimum Gasteiger partial charge on any atom is -0.459 e. The molecule has 0 heterocycles. The number of nitro benzene ring substituents is 1. The zero-order chi connectivity index (χ0) is 22.6. The van der Waals surface area contributed by atoms with Crippen molar-refractivity contribution < 1.29 is 38.2 Å². The minimum absolute atomic E-state index is 0.0224. The lowest BCUT2D eigenvalue weighted by atomic mass is 9.94. The van der Waals surface area contributed by atoms with Crippen molar-refractivity contribution in [1.82, 2.24) is 0 Å². The van der Waals surface area contributed by atoms with Gasteiger partial charge in [-0.05, 0) is 38.2 Å². The maximum Gasteiger partial charge on any atom is 0.345 e. The van der Waals surface area contributed by atoms with E-state index in [1.54, 1.807) is 6.07 Å². The first-order chi connectivity index (χ1) is 15.0. The lowest BCUT2D eigenvalue weighted by molar-refractivity contribution is -0.385. The summed E-state index contributed by atoms with van der Waals surface area (Å²) in [6, 6.07) is 5.68. The van der Waals surface area contributed by atoms with Crippen molar-refractivity contribution in [3.63, 3.8) is 0 Å². The van der Waals surface area contributed by atoms with Gasteiger partial charge < -0.3 is 23.7 Å². The second-order valence-electron chi connectivity index (χ2n) is 7.20. The topological polar surface area (TPSA) is 123 Å². The molecule has 3 atom stereocenters. The van der Waals surface area contributed by atoms with E-state index in [0.29, 0.717) is 38.5 Å². The predicted octanol–water partition coefficient (Wildman–Crippen LogP) is 3.02. The third-order valence-corrected chi connectivity index (χ3v) is 4.99. The molecule has 1 aromatic rings. The van der Waals surface area contributed by atoms with Gasteiger partial charge >= 0.3 is 5.97 Å². The third kappa shape index (κ3) is 7.66. The van der Waals surface area contributed by atoms with Crippen LogP contribution in [0.1, 0.15) is 48.9 Å². The second kappa shape index (κ2) is 13.1. The predicted molar refractivity (Wildman–Crippen MR) is 109 cm³/mol. The van der Waals surface area contributed by atoms with E-state index in [4.69, 9.17) is 23.7 Å². The van der Waals surface area contributed by atoms with E-state index in [1.165, 1.54) is 32.4 Å². The zero-order valence-electron chi connectivity index (χ0n) is 17.8. The van der Waals surface area contributed by atoms with Crippen molar-refractivity contribution in [2.45, 2.75) is 56.8 Å². The first-order valence-corrected chi connectivity index (χ1v) is 10.2. The van der Waals surface area contributed by atoms with Crippen molar-refractivity contribution >= 4 is 17.4 Å². The average Bonchev–Trinajstić information content (AvgIpc) is 2.77. The van der Waals surface area contributed by atoms with Gasteiger partial charge in [0, 0.05) is 26.7 Å². The van der Waals surface area contributed by atoms with Gasteiger partial charge in [0.2, 0.25) is 0 Å². The molecule has 0 aliphatic heterocycles. The Morgan fingerprint density at radius 2 is 1.77 bits per heavy atom. The molecule has 10 heteroatoms. The van der Waals surface area contributed by atoms with Crippen LogP contribution in [0.3, 0.4) is 0 Å². The molecule has 2 rings (SSSR count). The fourth-order valence-corrected chi connectivity index (χ4v) is 3.47. The number of methoxy groups -OCH3 is 2. The van der Waals surface area contributed by atoms with Gasteiger partial charge in [0.05, 0.1) is 11.0 Å². The maximum atomic E-state index is 12.6. The molecule has 1 saturated carbocycles. The van der Waals surface area contributed by atoms with Crippen LogP contribution in [0, 0.1) is 10.1 Å². The van der Waals surface area contributed by atoms with E-state index >= 15 is 0 Å². The highest BCUT2D eigenvalue weighted by Gasteiger charge is 2.32. The van der Waals surface area contributed by atoms with Crippen LogP contribution in [0.15, 0.2) is 24.3 Å². The van der Waals surface area contributed by atoms with Crippen LogP contribution in [-0.2, 0) is 28.5 Å². The number of nitrogens with zero attached hydrogens (tertiary/aromatic N) is 1. The molecule has 0 amide bonds. The number of hydrogen-bond donors (Lipinski definition) is 0. The summed E-state index contributed by atoms with van der Waals surface area (Å²) >= 11 is 0. The number of nitro groups is 1. The van der Waals surface area contributed by atoms with Crippen LogP contribution in [-0.4, -0.2) is 62.8 Å². The molecule has 172 valence electrons. The number of rotatable bonds is 9. The molecule has 10 nitrogen and oxygen atoms in total. The Bertz CT molecular complexity index is 739. The second-order valence-corrected chi connectivity index (χ2v) is 7.20. The number of ketones is 1. The smallest absolute Gasteiger partial charge is 0.345 e. The summed E-state index contributed by atoms with van der Waals surface area (Å²) in [7, 11) is 2.94. The summed E-state index contributed by atoms with van der Waals surface area (Å²) in [6.07, 6.45) is 0.986. The van der Waals surface area contributed by atoms with Gasteiger partial charge in [0.1, 0.15) is 31.4 Å². The van der Waals surface area contributed by atoms with E-state index in [9.17, 15) is 19.7 Å². The maximum absolute atomic E-state index is 12.6. The van der Waals surface area contributed by atoms with Crippen LogP contribution in [0.5, 0.6) is 0 Å². The number of carbonyl (C=O) groups excluding carboxylic acids is 2. The molecule has 0 aromatic heterocycles. The normalized spacial score (nSPS) is 22.6. The Morgan fingerprint density at radius 1 is 1.06 bits per heavy atom. The van der Waals surface area contributed by atoms with Crippen molar-refractivity contribution in [2.75, 3.05) is 27.8 Å². The highest BCUT2D eigenvalue weighted by molar-refractivity contribution is 5.93. The quantitative estimate of drug-likeness (QED) is 0.247. The minimum atomic E-state index is -0.820. The Balaban J connectivity index is 2.13. The number of esters is 1. The lowest BCUT2D eigenvalue weighted by Gasteiger charge is -2.29. The van der Waals surface area contributed by atoms with Crippen LogP contribution < -0.4 is 0 Å². The molecule has 0 radical (unpaired) electrons. The molecular weight excluding hydrogens is 410 g/mol. The Kier molecular flexibility index (Phi) is 10.5. The van der Waals surface area contributed by atoms with Gasteiger partial charge in [-0.3, -0.25) is 14.9 Å². The number of para-hydroxylation sites is 1. The summed E-state index contributed by atoms with van der Waals surface area (Å²) in [4.78, 5) is 35.8. The summed E-state index contributed by atoms with van der Waals surface area (Å²) in [6.45, 7) is -0.0786. The lowest BCUT2D eigenvalue weighted by Crippen LogP contribution is -2.40. The summed E-state index contributed by atoms with van der Waals surface area (Å²) in [5.41, 5.74) is -0.388. The highest BCUT2D eigenvalue weighted by atomic mass is 16.7. The Morgan fingerprint density at radius 3 is 2.48 bits per heavy atom. The van der Waals surface area contributed by atoms with Crippen LogP contribution in [0.4, 0.5) is 5.69 Å². The van der Waals surface area contributed by atoms with Crippen molar-refractivity contribution in [2.24, 2.45) is 0 Å². The van der Waals surface area contributed by atoms with Crippen molar-refractivity contribution in [3.05, 3.63) is 39.9 Å². The van der Waals surface area contributed by atoms with Gasteiger partial charge in [0.15, 0.2) is 5.78 Å². The van der Waals surface area contributed by atoms with E-state index < -0.39 is 29.2 Å². The SMILES string of the molecule is COCOC1CCC(OC(=O)c2ccccc2[N+](=O)[O-])CCCCC(=O)C1OCOC. The fraction of sp³-hybridized carbons (Fsp3) is 0.619. The number of carbonyl (C=O) groups is 2. The molecule has 1 fully saturated rings. The Hall–Kier alpha value is -2.40. The number of ether oxygens (including phenoxy) is 5. The number of benzene rings is 1. The van der Waals surface area contributed by atoms with E-state index in [2.05, 4.69) is 0 Å². The molecule has 0 saturated heterocycles. The molecule has 1 aromatic carbocycles. The van der Waals surface area contributed by atoms with Gasteiger partial charge in [0.25, 0.3) is 5.69 Å². The first kappa shape index (κ1) is 24.9. The standard InChI is InChI=1S/C21H29NO9/c1-27-13-29-19-12-11-15(7-3-6-10-18(23)20(19)30-14-28-2)31-21(24)16-8-4-5-9-17(16)22(25)26/h4-5,8-9,15,19-20H,3,6-7,10-14H2,1-2H3. The molecule has 0 bridgehead atoms. The summed E-state index contributed by atoms with van der Waals surface area (Å²) < 4.78 is 26.8. The highest BCUT2D eigenvalue weighted by Crippen LogP contribution is 2.25. The van der Waals surface area contributed by atoms with Crippen LogP contribution in [0.25, 0.3) is 0 Å². The van der Waals surface area contributed by atoms with Crippen molar-refractivity contribution in [1.29, 1.82) is 0 Å². The Labute approximate surface area is 180 Å². The van der Waals surface area contributed by atoms with Crippen molar-refractivity contribution in [3.8, 4) is 0 Å². The van der Waals surface area contributed by atoms with E-state index in [0.717, 1.165) is 0 Å². The molecular formula is C21H29NO9. The number of Topliss-reactive ketones (excluding diaryl/α,β-unsaturated/α-hetero) is 1. The zero-order valence-corrected chi connectivity index (χ0v) is 17.8. The third-order valence-electron chi connectivity index (χ3n) is 4.99. The summed E-state index contributed by atoms with van der Waals surface area (Å²) in [5.74, 6) is -0.819. The van der Waals surface area contributed by atoms with E-state index in [1.807, 2.05) is 0 Å². The van der Waals surface area contributed by atoms with Gasteiger partial charge in [-0.2, -0.15) is 0 Å². The number of hydrogen-bond acceptors (Lipinski definition) is 9. The van der Waals surface area contributed by atoms with Crippen LogP contribution in [0.2, 0.25) is 0 Å². The molecule has 1 aliphatic rings.